The summed E-state index contributed by atoms with van der Waals surface area (Å²) in [5.74, 6) is 8.68. The van der Waals surface area contributed by atoms with Crippen molar-refractivity contribution in [2.24, 2.45) is 18.3 Å². The summed E-state index contributed by atoms with van der Waals surface area (Å²) >= 11 is 0. The first-order valence-electron chi connectivity index (χ1n) is 12.3. The first kappa shape index (κ1) is 25.4. The fraction of sp³-hybridized carbons (Fsp3) is 0.346. The van der Waals surface area contributed by atoms with Gasteiger partial charge in [0.2, 0.25) is 0 Å². The average Bonchev–Trinajstić information content (AvgIpc) is 3.54. The number of Topliss-reactive ketones (excluding diaryl/α,β-unsaturated/α-hetero) is 1. The fourth-order valence-electron chi connectivity index (χ4n) is 4.40. The van der Waals surface area contributed by atoms with Crippen molar-refractivity contribution in [2.75, 3.05) is 30.6 Å². The number of carbonyl (C=O) groups is 1. The van der Waals surface area contributed by atoms with Crippen LogP contribution in [0.15, 0.2) is 49.1 Å². The summed E-state index contributed by atoms with van der Waals surface area (Å²) in [5, 5.41) is 13.7. The number of anilines is 4. The van der Waals surface area contributed by atoms with Crippen LogP contribution in [0.3, 0.4) is 0 Å². The van der Waals surface area contributed by atoms with Crippen LogP contribution in [0.4, 0.5) is 23.0 Å². The summed E-state index contributed by atoms with van der Waals surface area (Å²) in [7, 11) is 3.35. The molecule has 0 radical (unpaired) electrons. The van der Waals surface area contributed by atoms with E-state index in [2.05, 4.69) is 32.4 Å². The smallest absolute Gasteiger partial charge is 0.184 e. The topological polar surface area (TPSA) is 138 Å². The summed E-state index contributed by atoms with van der Waals surface area (Å²) < 4.78 is 14.6. The first-order valence-corrected chi connectivity index (χ1v) is 12.3. The molecule has 0 bridgehead atoms. The number of nitrogens with zero attached hydrogens (tertiary/aromatic N) is 7. The molecule has 38 heavy (non-hydrogen) atoms. The number of carbonyl (C=O) groups excluding carboxylic acids is 1. The lowest BCUT2D eigenvalue weighted by atomic mass is 9.89. The molecule has 1 aliphatic rings. The van der Waals surface area contributed by atoms with Crippen molar-refractivity contribution in [1.29, 1.82) is 0 Å². The van der Waals surface area contributed by atoms with Gasteiger partial charge in [0.1, 0.15) is 17.8 Å². The zero-order chi connectivity index (χ0) is 26.9. The van der Waals surface area contributed by atoms with E-state index < -0.39 is 0 Å². The molecule has 12 nitrogen and oxygen atoms in total. The zero-order valence-electron chi connectivity index (χ0n) is 21.9. The number of hydrazine groups is 1. The van der Waals surface area contributed by atoms with E-state index in [1.54, 1.807) is 38.2 Å². The molecule has 1 aromatic carbocycles. The van der Waals surface area contributed by atoms with Crippen LogP contribution in [-0.4, -0.2) is 55.6 Å². The Labute approximate surface area is 220 Å². The first-order chi connectivity index (χ1) is 18.3. The van der Waals surface area contributed by atoms with Gasteiger partial charge >= 0.3 is 0 Å². The molecule has 3 aromatic heterocycles. The number of para-hydroxylation sites is 1. The van der Waals surface area contributed by atoms with Gasteiger partial charge in [0.15, 0.2) is 23.2 Å². The summed E-state index contributed by atoms with van der Waals surface area (Å²) in [6.07, 6.45) is 5.36. The Morgan fingerprint density at radius 2 is 2.03 bits per heavy atom. The molecule has 0 unspecified atom stereocenters. The molecule has 1 saturated heterocycles. The number of rotatable bonds is 10. The SMILES string of the molecule is CCC(=O)c1cnc(Nc2ccn(CC3(C)COC3)n2)cc1N(N)c1cccc(-c2ncn(C)n2)c1OC. The number of hydrogen-bond donors (Lipinski definition) is 2. The van der Waals surface area contributed by atoms with Crippen molar-refractivity contribution >= 4 is 28.8 Å². The molecule has 0 atom stereocenters. The molecule has 0 aliphatic carbocycles. The Hall–Kier alpha value is -4.29. The molecular formula is C26H31N9O3. The molecule has 0 spiro atoms. The number of methoxy groups -OCH3 is 1. The normalized spacial score (nSPS) is 14.1. The predicted octanol–water partition coefficient (Wildman–Crippen LogP) is 3.47. The zero-order valence-corrected chi connectivity index (χ0v) is 21.9. The van der Waals surface area contributed by atoms with Crippen LogP contribution in [0.1, 0.15) is 30.6 Å². The fourth-order valence-corrected chi connectivity index (χ4v) is 4.40. The van der Waals surface area contributed by atoms with Crippen molar-refractivity contribution < 1.29 is 14.3 Å². The number of hydrogen-bond acceptors (Lipinski definition) is 10. The van der Waals surface area contributed by atoms with E-state index in [0.29, 0.717) is 52.1 Å². The van der Waals surface area contributed by atoms with Crippen molar-refractivity contribution in [3.63, 3.8) is 0 Å². The van der Waals surface area contributed by atoms with Gasteiger partial charge in [-0.1, -0.05) is 19.9 Å². The second-order valence-electron chi connectivity index (χ2n) is 9.66. The van der Waals surface area contributed by atoms with Gasteiger partial charge < -0.3 is 14.8 Å². The highest BCUT2D eigenvalue weighted by atomic mass is 16.5. The number of aryl methyl sites for hydroxylation is 1. The number of nitrogens with one attached hydrogen (secondary N) is 1. The molecule has 4 aromatic rings. The van der Waals surface area contributed by atoms with Crippen molar-refractivity contribution in [2.45, 2.75) is 26.8 Å². The van der Waals surface area contributed by atoms with Crippen molar-refractivity contribution in [3.8, 4) is 17.1 Å². The third-order valence-corrected chi connectivity index (χ3v) is 6.40. The van der Waals surface area contributed by atoms with Gasteiger partial charge in [-0.25, -0.2) is 15.8 Å². The van der Waals surface area contributed by atoms with Crippen LogP contribution < -0.4 is 20.9 Å². The molecule has 1 fully saturated rings. The van der Waals surface area contributed by atoms with E-state index in [9.17, 15) is 4.79 Å². The second kappa shape index (κ2) is 10.2. The van der Waals surface area contributed by atoms with E-state index >= 15 is 0 Å². The standard InChI is InChI=1S/C26H31N9O3/c1-5-21(36)18-12-28-23(30-22-9-10-34(31-22)13-26(2)14-38-15-26)11-20(18)35(27)19-8-6-7-17(24(19)37-4)25-29-16-33(3)32-25/h6-12,16H,5,13-15,27H2,1-4H3,(H,28,30,31). The number of nitrogens with two attached hydrogens (primary N) is 1. The largest absolute Gasteiger partial charge is 0.494 e. The Morgan fingerprint density at radius 3 is 2.68 bits per heavy atom. The Balaban J connectivity index is 1.48. The van der Waals surface area contributed by atoms with E-state index in [1.165, 1.54) is 11.2 Å². The molecule has 0 amide bonds. The van der Waals surface area contributed by atoms with Crippen molar-refractivity contribution in [3.05, 3.63) is 54.6 Å². The maximum Gasteiger partial charge on any atom is 0.184 e. The van der Waals surface area contributed by atoms with Crippen molar-refractivity contribution in [1.82, 2.24) is 29.5 Å². The van der Waals surface area contributed by atoms with E-state index in [1.807, 2.05) is 35.1 Å². The minimum Gasteiger partial charge on any atom is -0.494 e. The highest BCUT2D eigenvalue weighted by Gasteiger charge is 2.34. The maximum absolute atomic E-state index is 12.8. The summed E-state index contributed by atoms with van der Waals surface area (Å²) in [5.41, 5.74) is 2.17. The molecule has 3 N–H and O–H groups in total. The quantitative estimate of drug-likeness (QED) is 0.183. The highest BCUT2D eigenvalue weighted by Crippen LogP contribution is 2.40. The third-order valence-electron chi connectivity index (χ3n) is 6.40. The minimum absolute atomic E-state index is 0.0868. The van der Waals surface area contributed by atoms with E-state index in [0.717, 1.165) is 19.8 Å². The third kappa shape index (κ3) is 4.95. The van der Waals surface area contributed by atoms with E-state index in [-0.39, 0.29) is 11.2 Å². The molecule has 4 heterocycles. The average molecular weight is 518 g/mol. The van der Waals surface area contributed by atoms with Gasteiger partial charge in [-0.15, -0.1) is 0 Å². The number of benzene rings is 1. The molecular weight excluding hydrogens is 486 g/mol. The van der Waals surface area contributed by atoms with Gasteiger partial charge in [0, 0.05) is 43.4 Å². The predicted molar refractivity (Wildman–Crippen MR) is 143 cm³/mol. The van der Waals surface area contributed by atoms with Crippen LogP contribution in [-0.2, 0) is 18.3 Å². The summed E-state index contributed by atoms with van der Waals surface area (Å²) in [4.78, 5) is 21.6. The lowest BCUT2D eigenvalue weighted by Gasteiger charge is -2.37. The molecule has 1 aliphatic heterocycles. The van der Waals surface area contributed by atoms with Gasteiger partial charge in [-0.05, 0) is 12.1 Å². The van der Waals surface area contributed by atoms with Gasteiger partial charge in [-0.2, -0.15) is 10.2 Å². The van der Waals surface area contributed by atoms with Crippen LogP contribution in [0.5, 0.6) is 5.75 Å². The summed E-state index contributed by atoms with van der Waals surface area (Å²) in [6, 6.07) is 9.11. The highest BCUT2D eigenvalue weighted by molar-refractivity contribution is 6.02. The number of aromatic nitrogens is 6. The Kier molecular flexibility index (Phi) is 6.83. The monoisotopic (exact) mass is 517 g/mol. The van der Waals surface area contributed by atoms with Gasteiger partial charge in [-0.3, -0.25) is 19.2 Å². The van der Waals surface area contributed by atoms with E-state index in [4.69, 9.17) is 15.3 Å². The summed E-state index contributed by atoms with van der Waals surface area (Å²) in [6.45, 7) is 6.18. The molecule has 5 rings (SSSR count). The van der Waals surface area contributed by atoms with Crippen LogP contribution in [0.2, 0.25) is 0 Å². The Bertz CT molecular complexity index is 1460. The second-order valence-corrected chi connectivity index (χ2v) is 9.66. The van der Waals surface area contributed by atoms with Gasteiger partial charge in [0.05, 0.1) is 43.7 Å². The number of pyridine rings is 1. The lowest BCUT2D eigenvalue weighted by Crippen LogP contribution is -2.43. The van der Waals surface area contributed by atoms with Crippen LogP contribution in [0, 0.1) is 5.41 Å². The Morgan fingerprint density at radius 1 is 1.21 bits per heavy atom. The maximum atomic E-state index is 12.8. The minimum atomic E-state index is -0.0868. The molecule has 12 heteroatoms. The number of ether oxygens (including phenoxy) is 2. The molecule has 198 valence electrons. The van der Waals surface area contributed by atoms with Crippen LogP contribution >= 0.6 is 0 Å². The number of ketones is 1. The van der Waals surface area contributed by atoms with Gasteiger partial charge in [0.25, 0.3) is 0 Å². The lowest BCUT2D eigenvalue weighted by molar-refractivity contribution is -0.111. The van der Waals surface area contributed by atoms with Crippen LogP contribution in [0.25, 0.3) is 11.4 Å². The molecule has 0 saturated carbocycles.